The first-order valence-electron chi connectivity index (χ1n) is 9.47. The number of benzene rings is 2. The Morgan fingerprint density at radius 1 is 1.10 bits per heavy atom. The number of hydrogen-bond donors (Lipinski definition) is 1. The molecule has 1 aliphatic rings. The number of aromatic nitrogens is 2. The van der Waals surface area contributed by atoms with Crippen molar-refractivity contribution in [3.05, 3.63) is 59.8 Å². The Kier molecular flexibility index (Phi) is 5.12. The molecule has 150 valence electrons. The summed E-state index contributed by atoms with van der Waals surface area (Å²) in [5, 5.41) is 7.50. The molecule has 0 radical (unpaired) electrons. The Morgan fingerprint density at radius 2 is 1.90 bits per heavy atom. The summed E-state index contributed by atoms with van der Waals surface area (Å²) in [6.07, 6.45) is 2.16. The van der Waals surface area contributed by atoms with Crippen molar-refractivity contribution in [3.63, 3.8) is 0 Å². The first-order chi connectivity index (χ1) is 14.1. The van der Waals surface area contributed by atoms with Crippen LogP contribution in [-0.2, 0) is 4.79 Å². The van der Waals surface area contributed by atoms with Gasteiger partial charge >= 0.3 is 0 Å². The molecule has 4 rings (SSSR count). The number of hydrogen-bond acceptors (Lipinski definition) is 5. The fourth-order valence-electron chi connectivity index (χ4n) is 3.61. The highest BCUT2D eigenvalue weighted by Gasteiger charge is 2.31. The quantitative estimate of drug-likeness (QED) is 0.690. The summed E-state index contributed by atoms with van der Waals surface area (Å²) >= 11 is 0. The second-order valence-electron chi connectivity index (χ2n) is 6.71. The van der Waals surface area contributed by atoms with Crippen LogP contribution in [0.25, 0.3) is 5.69 Å². The van der Waals surface area contributed by atoms with Crippen LogP contribution >= 0.6 is 0 Å². The minimum Gasteiger partial charge on any atom is -0.497 e. The molecule has 0 saturated heterocycles. The van der Waals surface area contributed by atoms with E-state index < -0.39 is 0 Å². The van der Waals surface area contributed by atoms with Gasteiger partial charge in [-0.1, -0.05) is 6.07 Å². The van der Waals surface area contributed by atoms with E-state index in [0.717, 1.165) is 22.6 Å². The number of methoxy groups -OCH3 is 2. The minimum atomic E-state index is -0.115. The van der Waals surface area contributed by atoms with Crippen LogP contribution in [0.2, 0.25) is 0 Å². The predicted molar refractivity (Wildman–Crippen MR) is 109 cm³/mol. The summed E-state index contributed by atoms with van der Waals surface area (Å²) in [5.74, 6) is 2.62. The normalized spacial score (nSPS) is 15.4. The first kappa shape index (κ1) is 18.9. The Hall–Kier alpha value is -3.48. The summed E-state index contributed by atoms with van der Waals surface area (Å²) in [6.45, 7) is 2.49. The zero-order chi connectivity index (χ0) is 20.4. The van der Waals surface area contributed by atoms with Gasteiger partial charge in [-0.15, -0.1) is 0 Å². The summed E-state index contributed by atoms with van der Waals surface area (Å²) in [4.78, 5) is 12.5. The number of carbonyl (C=O) groups is 1. The highest BCUT2D eigenvalue weighted by Crippen LogP contribution is 2.40. The van der Waals surface area contributed by atoms with Gasteiger partial charge in [0.15, 0.2) is 11.5 Å². The van der Waals surface area contributed by atoms with Crippen LogP contribution in [0.15, 0.2) is 48.7 Å². The van der Waals surface area contributed by atoms with Gasteiger partial charge in [-0.25, -0.2) is 4.68 Å². The van der Waals surface area contributed by atoms with Crippen molar-refractivity contribution >= 4 is 11.7 Å². The van der Waals surface area contributed by atoms with Gasteiger partial charge in [-0.3, -0.25) is 4.79 Å². The third-order valence-electron chi connectivity index (χ3n) is 5.03. The fourth-order valence-corrected chi connectivity index (χ4v) is 3.61. The van der Waals surface area contributed by atoms with E-state index in [4.69, 9.17) is 14.2 Å². The number of anilines is 1. The van der Waals surface area contributed by atoms with Crippen molar-refractivity contribution < 1.29 is 19.0 Å². The maximum absolute atomic E-state index is 12.5. The van der Waals surface area contributed by atoms with E-state index in [-0.39, 0.29) is 11.8 Å². The zero-order valence-corrected chi connectivity index (χ0v) is 16.6. The first-order valence-corrected chi connectivity index (χ1v) is 9.47. The molecule has 1 aromatic heterocycles. The highest BCUT2D eigenvalue weighted by atomic mass is 16.5. The maximum Gasteiger partial charge on any atom is 0.226 e. The SMILES string of the molecule is CCOc1ccc(C2CC(=O)Nc3c2cnn3-c2ccc(OC)cc2)cc1OC. The van der Waals surface area contributed by atoms with E-state index in [1.54, 1.807) is 18.9 Å². The van der Waals surface area contributed by atoms with E-state index in [1.165, 1.54) is 0 Å². The molecule has 2 aromatic carbocycles. The van der Waals surface area contributed by atoms with Crippen LogP contribution in [0.5, 0.6) is 17.2 Å². The topological polar surface area (TPSA) is 74.6 Å². The monoisotopic (exact) mass is 393 g/mol. The lowest BCUT2D eigenvalue weighted by Gasteiger charge is -2.24. The molecular weight excluding hydrogens is 370 g/mol. The Morgan fingerprint density at radius 3 is 2.59 bits per heavy atom. The largest absolute Gasteiger partial charge is 0.497 e. The molecule has 0 spiro atoms. The molecule has 0 saturated carbocycles. The summed E-state index contributed by atoms with van der Waals surface area (Å²) in [7, 11) is 3.24. The third-order valence-corrected chi connectivity index (χ3v) is 5.03. The van der Waals surface area contributed by atoms with Gasteiger partial charge < -0.3 is 19.5 Å². The molecule has 1 unspecified atom stereocenters. The van der Waals surface area contributed by atoms with Gasteiger partial charge in [0.05, 0.1) is 32.7 Å². The molecule has 3 aromatic rings. The summed E-state index contributed by atoms with van der Waals surface area (Å²) < 4.78 is 18.1. The molecule has 29 heavy (non-hydrogen) atoms. The van der Waals surface area contributed by atoms with Crippen LogP contribution in [0.4, 0.5) is 5.82 Å². The molecule has 1 amide bonds. The van der Waals surface area contributed by atoms with E-state index in [0.29, 0.717) is 30.3 Å². The molecule has 1 aliphatic heterocycles. The van der Waals surface area contributed by atoms with Crippen LogP contribution in [-0.4, -0.2) is 36.5 Å². The lowest BCUT2D eigenvalue weighted by atomic mass is 9.87. The molecule has 7 nitrogen and oxygen atoms in total. The van der Waals surface area contributed by atoms with Crippen molar-refractivity contribution in [3.8, 4) is 22.9 Å². The predicted octanol–water partition coefficient (Wildman–Crippen LogP) is 3.76. The molecule has 7 heteroatoms. The van der Waals surface area contributed by atoms with Crippen molar-refractivity contribution in [1.82, 2.24) is 9.78 Å². The standard InChI is InChI=1S/C22H23N3O4/c1-4-29-19-10-5-14(11-20(19)28-3)17-12-21(26)24-22-18(17)13-23-25(22)15-6-8-16(27-2)9-7-15/h5-11,13,17H,4,12H2,1-3H3,(H,24,26). The number of carbonyl (C=O) groups excluding carboxylic acids is 1. The van der Waals surface area contributed by atoms with Crippen molar-refractivity contribution in [2.24, 2.45) is 0 Å². The number of ether oxygens (including phenoxy) is 3. The molecule has 2 heterocycles. The van der Waals surface area contributed by atoms with E-state index in [9.17, 15) is 4.79 Å². The number of nitrogens with zero attached hydrogens (tertiary/aromatic N) is 2. The second kappa shape index (κ2) is 7.87. The number of amides is 1. The van der Waals surface area contributed by atoms with Crippen molar-refractivity contribution in [2.75, 3.05) is 26.1 Å². The van der Waals surface area contributed by atoms with E-state index in [2.05, 4.69) is 10.4 Å². The van der Waals surface area contributed by atoms with Crippen LogP contribution in [0.1, 0.15) is 30.4 Å². The number of fused-ring (bicyclic) bond motifs is 1. The van der Waals surface area contributed by atoms with Crippen LogP contribution in [0, 0.1) is 0 Å². The van der Waals surface area contributed by atoms with Gasteiger partial charge in [-0.05, 0) is 48.9 Å². The molecule has 1 N–H and O–H groups in total. The minimum absolute atomic E-state index is 0.0504. The summed E-state index contributed by atoms with van der Waals surface area (Å²) in [6, 6.07) is 13.3. The van der Waals surface area contributed by atoms with Gasteiger partial charge in [0, 0.05) is 17.9 Å². The smallest absolute Gasteiger partial charge is 0.226 e. The van der Waals surface area contributed by atoms with Crippen LogP contribution < -0.4 is 19.5 Å². The molecule has 0 fully saturated rings. The van der Waals surface area contributed by atoms with E-state index in [1.807, 2.05) is 55.6 Å². The van der Waals surface area contributed by atoms with Crippen molar-refractivity contribution in [1.29, 1.82) is 0 Å². The molecule has 0 aliphatic carbocycles. The van der Waals surface area contributed by atoms with E-state index >= 15 is 0 Å². The Labute approximate surface area is 169 Å². The highest BCUT2D eigenvalue weighted by molar-refractivity contribution is 5.94. The maximum atomic E-state index is 12.5. The number of rotatable bonds is 6. The number of nitrogens with one attached hydrogen (secondary N) is 1. The Balaban J connectivity index is 1.74. The fraction of sp³-hybridized carbons (Fsp3) is 0.273. The molecule has 0 bridgehead atoms. The average molecular weight is 393 g/mol. The molecule has 1 atom stereocenters. The van der Waals surface area contributed by atoms with Crippen LogP contribution in [0.3, 0.4) is 0 Å². The average Bonchev–Trinajstić information content (AvgIpc) is 3.17. The van der Waals surface area contributed by atoms with Gasteiger partial charge in [0.25, 0.3) is 0 Å². The lowest BCUT2D eigenvalue weighted by molar-refractivity contribution is -0.116. The van der Waals surface area contributed by atoms with Gasteiger partial charge in [0.1, 0.15) is 11.6 Å². The second-order valence-corrected chi connectivity index (χ2v) is 6.71. The zero-order valence-electron chi connectivity index (χ0n) is 16.6. The van der Waals surface area contributed by atoms with Crippen molar-refractivity contribution in [2.45, 2.75) is 19.3 Å². The van der Waals surface area contributed by atoms with Gasteiger partial charge in [0.2, 0.25) is 5.91 Å². The summed E-state index contributed by atoms with van der Waals surface area (Å²) in [5.41, 5.74) is 2.79. The molecular formula is C22H23N3O4. The van der Waals surface area contributed by atoms with Gasteiger partial charge in [-0.2, -0.15) is 5.10 Å². The third kappa shape index (κ3) is 3.51. The lowest BCUT2D eigenvalue weighted by Crippen LogP contribution is -2.24. The Bertz CT molecular complexity index is 1030.